The second kappa shape index (κ2) is 8.38. The molecule has 0 aliphatic rings. The summed E-state index contributed by atoms with van der Waals surface area (Å²) in [5.74, 6) is -2.88. The van der Waals surface area contributed by atoms with Gasteiger partial charge in [0.25, 0.3) is 0 Å². The summed E-state index contributed by atoms with van der Waals surface area (Å²) < 4.78 is 9.80. The Morgan fingerprint density at radius 3 is 2.23 bits per heavy atom. The van der Waals surface area contributed by atoms with Crippen LogP contribution in [0.2, 0.25) is 0 Å². The van der Waals surface area contributed by atoms with Crippen LogP contribution in [0.3, 0.4) is 0 Å². The van der Waals surface area contributed by atoms with Gasteiger partial charge in [-0.1, -0.05) is 26.0 Å². The lowest BCUT2D eigenvalue weighted by molar-refractivity contribution is -0.162. The number of carboxylic acid groups (broad SMARTS) is 1. The quantitative estimate of drug-likeness (QED) is 0.610. The number of carbonyl (C=O) groups excluding carboxylic acids is 2. The number of hydrogen-bond donors (Lipinski definition) is 1. The number of esters is 2. The second-order valence-corrected chi connectivity index (χ2v) is 5.22. The minimum Gasteiger partial charge on any atom is -0.478 e. The molecule has 1 atom stereocenters. The van der Waals surface area contributed by atoms with E-state index < -0.39 is 29.9 Å². The first-order chi connectivity index (χ1) is 10.3. The van der Waals surface area contributed by atoms with Crippen LogP contribution in [-0.2, 0) is 19.1 Å². The summed E-state index contributed by atoms with van der Waals surface area (Å²) in [7, 11) is 0. The van der Waals surface area contributed by atoms with Gasteiger partial charge >= 0.3 is 17.9 Å². The van der Waals surface area contributed by atoms with E-state index in [2.05, 4.69) is 0 Å². The molecule has 1 rings (SSSR count). The van der Waals surface area contributed by atoms with Crippen molar-refractivity contribution in [2.45, 2.75) is 20.0 Å². The van der Waals surface area contributed by atoms with Gasteiger partial charge in [-0.2, -0.15) is 0 Å². The van der Waals surface area contributed by atoms with Crippen molar-refractivity contribution in [2.24, 2.45) is 5.92 Å². The standard InChI is InChI=1S/C15H17ClO6/c1-9(2)8-21-15(20)11-5-3-10(4-6-11)13(14(18)19)22-12(17)7-16/h3-6,9,13H,7-8H2,1-2H3,(H,18,19). The van der Waals surface area contributed by atoms with Crippen molar-refractivity contribution in [3.05, 3.63) is 35.4 Å². The molecule has 0 radical (unpaired) electrons. The molecule has 120 valence electrons. The Bertz CT molecular complexity index is 537. The Labute approximate surface area is 133 Å². The number of hydrogen-bond acceptors (Lipinski definition) is 5. The third-order valence-electron chi connectivity index (χ3n) is 2.58. The molecular weight excluding hydrogens is 312 g/mol. The third kappa shape index (κ3) is 5.37. The molecule has 0 aliphatic heterocycles. The number of alkyl halides is 1. The summed E-state index contributed by atoms with van der Waals surface area (Å²) in [5.41, 5.74) is 0.517. The highest BCUT2D eigenvalue weighted by Crippen LogP contribution is 2.19. The normalized spacial score (nSPS) is 11.8. The smallest absolute Gasteiger partial charge is 0.349 e. The summed E-state index contributed by atoms with van der Waals surface area (Å²) in [5, 5.41) is 9.08. The molecule has 0 heterocycles. The van der Waals surface area contributed by atoms with Gasteiger partial charge in [0.15, 0.2) is 0 Å². The van der Waals surface area contributed by atoms with Gasteiger partial charge in [-0.15, -0.1) is 11.6 Å². The van der Waals surface area contributed by atoms with Crippen molar-refractivity contribution in [3.8, 4) is 0 Å². The predicted octanol–water partition coefficient (Wildman–Crippen LogP) is 2.41. The first-order valence-electron chi connectivity index (χ1n) is 6.60. The number of halogens is 1. The Hall–Kier alpha value is -2.08. The Kier molecular flexibility index (Phi) is 6.85. The summed E-state index contributed by atoms with van der Waals surface area (Å²) in [6.07, 6.45) is -1.47. The minimum atomic E-state index is -1.47. The highest BCUT2D eigenvalue weighted by molar-refractivity contribution is 6.26. The fourth-order valence-corrected chi connectivity index (χ4v) is 1.61. The van der Waals surface area contributed by atoms with Crippen molar-refractivity contribution in [1.82, 2.24) is 0 Å². The Morgan fingerprint density at radius 2 is 1.77 bits per heavy atom. The van der Waals surface area contributed by atoms with Crippen LogP contribution in [0.4, 0.5) is 0 Å². The van der Waals surface area contributed by atoms with Crippen molar-refractivity contribution >= 4 is 29.5 Å². The Balaban J connectivity index is 2.83. The van der Waals surface area contributed by atoms with Crippen LogP contribution in [0.15, 0.2) is 24.3 Å². The number of rotatable bonds is 7. The maximum Gasteiger partial charge on any atom is 0.349 e. The van der Waals surface area contributed by atoms with Gasteiger partial charge in [-0.25, -0.2) is 9.59 Å². The topological polar surface area (TPSA) is 89.9 Å². The fourth-order valence-electron chi connectivity index (χ4n) is 1.54. The van der Waals surface area contributed by atoms with Gasteiger partial charge < -0.3 is 14.6 Å². The van der Waals surface area contributed by atoms with E-state index in [9.17, 15) is 14.4 Å². The van der Waals surface area contributed by atoms with Gasteiger partial charge in [0.2, 0.25) is 6.10 Å². The van der Waals surface area contributed by atoms with Crippen LogP contribution >= 0.6 is 11.6 Å². The molecule has 22 heavy (non-hydrogen) atoms. The summed E-state index contributed by atoms with van der Waals surface area (Å²) >= 11 is 5.29. The molecule has 1 N–H and O–H groups in total. The number of ether oxygens (including phenoxy) is 2. The van der Waals surface area contributed by atoms with E-state index in [0.29, 0.717) is 6.61 Å². The second-order valence-electron chi connectivity index (χ2n) is 4.96. The molecular formula is C15H17ClO6. The molecule has 0 saturated heterocycles. The zero-order valence-corrected chi connectivity index (χ0v) is 13.0. The lowest BCUT2D eigenvalue weighted by Crippen LogP contribution is -2.20. The van der Waals surface area contributed by atoms with E-state index in [0.717, 1.165) is 0 Å². The highest BCUT2D eigenvalue weighted by Gasteiger charge is 2.24. The van der Waals surface area contributed by atoms with E-state index >= 15 is 0 Å². The number of carboxylic acids is 1. The third-order valence-corrected chi connectivity index (χ3v) is 2.80. The molecule has 6 nitrogen and oxygen atoms in total. The SMILES string of the molecule is CC(C)COC(=O)c1ccc(C(OC(=O)CCl)C(=O)O)cc1. The summed E-state index contributed by atoms with van der Waals surface area (Å²) in [6, 6.07) is 5.63. The van der Waals surface area contributed by atoms with Gasteiger partial charge in [0.1, 0.15) is 5.88 Å². The van der Waals surface area contributed by atoms with E-state index in [1.54, 1.807) is 0 Å². The van der Waals surface area contributed by atoms with Crippen LogP contribution in [0.1, 0.15) is 35.9 Å². The average molecular weight is 329 g/mol. The lowest BCUT2D eigenvalue weighted by Gasteiger charge is -2.13. The van der Waals surface area contributed by atoms with Gasteiger partial charge in [0.05, 0.1) is 12.2 Å². The molecule has 1 aromatic carbocycles. The first-order valence-corrected chi connectivity index (χ1v) is 7.14. The molecule has 0 spiro atoms. The number of aliphatic carboxylic acids is 1. The van der Waals surface area contributed by atoms with Crippen molar-refractivity contribution in [1.29, 1.82) is 0 Å². The van der Waals surface area contributed by atoms with Gasteiger partial charge in [-0.05, 0) is 18.1 Å². The van der Waals surface area contributed by atoms with Gasteiger partial charge in [-0.3, -0.25) is 4.79 Å². The van der Waals surface area contributed by atoms with Crippen LogP contribution in [0.25, 0.3) is 0 Å². The molecule has 0 aliphatic carbocycles. The first kappa shape index (κ1) is 18.0. The van der Waals surface area contributed by atoms with Crippen LogP contribution in [-0.4, -0.2) is 35.5 Å². The molecule has 0 saturated carbocycles. The molecule has 0 bridgehead atoms. The highest BCUT2D eigenvalue weighted by atomic mass is 35.5. The van der Waals surface area contributed by atoms with E-state index in [1.807, 2.05) is 13.8 Å². The average Bonchev–Trinajstić information content (AvgIpc) is 2.49. The van der Waals surface area contributed by atoms with Crippen molar-refractivity contribution in [3.63, 3.8) is 0 Å². The molecule has 0 aromatic heterocycles. The maximum atomic E-state index is 11.7. The van der Waals surface area contributed by atoms with Crippen molar-refractivity contribution in [2.75, 3.05) is 12.5 Å². The van der Waals surface area contributed by atoms with Crippen molar-refractivity contribution < 1.29 is 29.0 Å². The zero-order chi connectivity index (χ0) is 16.7. The maximum absolute atomic E-state index is 11.7. The molecule has 0 amide bonds. The van der Waals surface area contributed by atoms with Crippen LogP contribution in [0.5, 0.6) is 0 Å². The largest absolute Gasteiger partial charge is 0.478 e. The van der Waals surface area contributed by atoms with E-state index in [1.165, 1.54) is 24.3 Å². The molecule has 1 unspecified atom stereocenters. The molecule has 0 fully saturated rings. The summed E-state index contributed by atoms with van der Waals surface area (Å²) in [4.78, 5) is 34.0. The fraction of sp³-hybridized carbons (Fsp3) is 0.400. The number of carbonyl (C=O) groups is 3. The zero-order valence-electron chi connectivity index (χ0n) is 12.2. The predicted molar refractivity (Wildman–Crippen MR) is 78.8 cm³/mol. The van der Waals surface area contributed by atoms with Crippen LogP contribution in [0, 0.1) is 5.92 Å². The summed E-state index contributed by atoms with van der Waals surface area (Å²) in [6.45, 7) is 4.13. The molecule has 1 aromatic rings. The van der Waals surface area contributed by atoms with Gasteiger partial charge in [0, 0.05) is 5.56 Å². The number of benzene rings is 1. The van der Waals surface area contributed by atoms with E-state index in [-0.39, 0.29) is 17.0 Å². The monoisotopic (exact) mass is 328 g/mol. The Morgan fingerprint density at radius 1 is 1.18 bits per heavy atom. The van der Waals surface area contributed by atoms with Crippen LogP contribution < -0.4 is 0 Å². The molecule has 7 heteroatoms. The van der Waals surface area contributed by atoms with E-state index in [4.69, 9.17) is 26.2 Å². The lowest BCUT2D eigenvalue weighted by atomic mass is 10.1. The minimum absolute atomic E-state index is 0.217.